The fraction of sp³-hybridized carbons (Fsp3) is 0.409. The summed E-state index contributed by atoms with van der Waals surface area (Å²) in [5, 5.41) is 2.92. The molecule has 156 valence electrons. The summed E-state index contributed by atoms with van der Waals surface area (Å²) in [6, 6.07) is 8.82. The van der Waals surface area contributed by atoms with Crippen LogP contribution in [-0.2, 0) is 4.79 Å². The topological polar surface area (TPSA) is 55.1 Å². The van der Waals surface area contributed by atoms with Crippen LogP contribution in [0.1, 0.15) is 32.1 Å². The highest BCUT2D eigenvalue weighted by Gasteiger charge is 2.40. The van der Waals surface area contributed by atoms with Gasteiger partial charge >= 0.3 is 0 Å². The van der Waals surface area contributed by atoms with Gasteiger partial charge in [-0.2, -0.15) is 0 Å². The summed E-state index contributed by atoms with van der Waals surface area (Å²) < 4.78 is 40.6. The third-order valence-corrected chi connectivity index (χ3v) is 6.26. The van der Waals surface area contributed by atoms with Crippen LogP contribution in [0.15, 0.2) is 36.4 Å². The van der Waals surface area contributed by atoms with Crippen molar-refractivity contribution in [3.8, 4) is 11.1 Å². The normalized spacial score (nSPS) is 25.8. The number of carbonyl (C=O) groups is 1. The summed E-state index contributed by atoms with van der Waals surface area (Å²) in [6.45, 7) is 0. The minimum absolute atomic E-state index is 0. The molecule has 4 rings (SSSR count). The Morgan fingerprint density at radius 3 is 2.21 bits per heavy atom. The van der Waals surface area contributed by atoms with E-state index in [0.29, 0.717) is 23.1 Å². The first-order chi connectivity index (χ1) is 13.4. The summed E-state index contributed by atoms with van der Waals surface area (Å²) in [5.74, 6) is -3.49. The molecule has 0 aliphatic heterocycles. The molecule has 3 N–H and O–H groups in total. The van der Waals surface area contributed by atoms with Crippen LogP contribution in [0.4, 0.5) is 18.9 Å². The van der Waals surface area contributed by atoms with E-state index in [1.165, 1.54) is 6.42 Å². The summed E-state index contributed by atoms with van der Waals surface area (Å²) >= 11 is 0. The number of nitrogens with one attached hydrogen (secondary N) is 1. The predicted molar refractivity (Wildman–Crippen MR) is 109 cm³/mol. The largest absolute Gasteiger partial charge is 0.327 e. The Morgan fingerprint density at radius 1 is 1.00 bits per heavy atom. The van der Waals surface area contributed by atoms with E-state index in [2.05, 4.69) is 5.32 Å². The maximum atomic E-state index is 13.7. The highest BCUT2D eigenvalue weighted by atomic mass is 35.5. The number of rotatable bonds is 3. The molecule has 0 heterocycles. The summed E-state index contributed by atoms with van der Waals surface area (Å²) in [4.78, 5) is 12.9. The molecular formula is C22H24ClF3N2O. The molecule has 0 aromatic heterocycles. The lowest BCUT2D eigenvalue weighted by Crippen LogP contribution is -2.48. The van der Waals surface area contributed by atoms with Gasteiger partial charge in [0.25, 0.3) is 0 Å². The SMILES string of the molecule is Cl.NC1C2CCCC1CC(C(=O)Nc1ccccc1-c1cc(F)c(F)c(F)c1)C2. The van der Waals surface area contributed by atoms with E-state index in [-0.39, 0.29) is 35.8 Å². The maximum absolute atomic E-state index is 13.7. The monoisotopic (exact) mass is 424 g/mol. The van der Waals surface area contributed by atoms with Crippen LogP contribution in [0.3, 0.4) is 0 Å². The van der Waals surface area contributed by atoms with Gasteiger partial charge in [-0.3, -0.25) is 4.79 Å². The van der Waals surface area contributed by atoms with Crippen LogP contribution >= 0.6 is 12.4 Å². The van der Waals surface area contributed by atoms with Crippen molar-refractivity contribution in [3.05, 3.63) is 53.8 Å². The van der Waals surface area contributed by atoms with Crippen LogP contribution in [0, 0.1) is 35.2 Å². The molecule has 29 heavy (non-hydrogen) atoms. The first kappa shape index (κ1) is 21.7. The summed E-state index contributed by atoms with van der Waals surface area (Å²) in [5.41, 5.74) is 7.38. The molecule has 0 radical (unpaired) electrons. The van der Waals surface area contributed by atoms with Crippen molar-refractivity contribution in [3.63, 3.8) is 0 Å². The fourth-order valence-electron chi connectivity index (χ4n) is 4.79. The van der Waals surface area contributed by atoms with Crippen molar-refractivity contribution >= 4 is 24.0 Å². The van der Waals surface area contributed by atoms with Gasteiger partial charge in [0.15, 0.2) is 17.5 Å². The first-order valence-corrected chi connectivity index (χ1v) is 9.74. The van der Waals surface area contributed by atoms with Gasteiger partial charge in [-0.1, -0.05) is 24.6 Å². The van der Waals surface area contributed by atoms with E-state index >= 15 is 0 Å². The second kappa shape index (κ2) is 8.76. The van der Waals surface area contributed by atoms with Crippen LogP contribution < -0.4 is 11.1 Å². The Balaban J connectivity index is 0.00000240. The van der Waals surface area contributed by atoms with Crippen LogP contribution in [0.2, 0.25) is 0 Å². The van der Waals surface area contributed by atoms with Crippen molar-refractivity contribution in [2.24, 2.45) is 23.5 Å². The number of amides is 1. The molecular weight excluding hydrogens is 401 g/mol. The number of benzene rings is 2. The maximum Gasteiger partial charge on any atom is 0.227 e. The van der Waals surface area contributed by atoms with Gasteiger partial charge in [0.1, 0.15) is 0 Å². The van der Waals surface area contributed by atoms with E-state index in [4.69, 9.17) is 5.73 Å². The minimum atomic E-state index is -1.50. The van der Waals surface area contributed by atoms with Crippen LogP contribution in [0.5, 0.6) is 0 Å². The second-order valence-electron chi connectivity index (χ2n) is 7.99. The van der Waals surface area contributed by atoms with Gasteiger partial charge in [0, 0.05) is 23.2 Å². The van der Waals surface area contributed by atoms with Crippen molar-refractivity contribution in [2.45, 2.75) is 38.1 Å². The van der Waals surface area contributed by atoms with Crippen molar-refractivity contribution < 1.29 is 18.0 Å². The average Bonchev–Trinajstić information content (AvgIpc) is 2.66. The van der Waals surface area contributed by atoms with Crippen LogP contribution in [0.25, 0.3) is 11.1 Å². The lowest BCUT2D eigenvalue weighted by Gasteiger charge is -2.43. The van der Waals surface area contributed by atoms with E-state index in [9.17, 15) is 18.0 Å². The Kier molecular flexibility index (Phi) is 6.54. The number of hydrogen-bond acceptors (Lipinski definition) is 2. The average molecular weight is 425 g/mol. The summed E-state index contributed by atoms with van der Waals surface area (Å²) in [6.07, 6.45) is 4.83. The zero-order valence-corrected chi connectivity index (χ0v) is 16.7. The predicted octanol–water partition coefficient (Wildman–Crippen LogP) is 5.28. The van der Waals surface area contributed by atoms with Crippen molar-refractivity contribution in [1.82, 2.24) is 0 Å². The molecule has 0 saturated heterocycles. The Labute approximate surface area is 174 Å². The van der Waals surface area contributed by atoms with Gasteiger partial charge < -0.3 is 11.1 Å². The molecule has 2 fully saturated rings. The molecule has 2 saturated carbocycles. The lowest BCUT2D eigenvalue weighted by molar-refractivity contribution is -0.122. The number of nitrogens with two attached hydrogens (primary N) is 1. The van der Waals surface area contributed by atoms with Crippen molar-refractivity contribution in [2.75, 3.05) is 5.32 Å². The first-order valence-electron chi connectivity index (χ1n) is 9.74. The van der Waals surface area contributed by atoms with Gasteiger partial charge in [-0.25, -0.2) is 13.2 Å². The number of para-hydroxylation sites is 1. The molecule has 2 bridgehead atoms. The summed E-state index contributed by atoms with van der Waals surface area (Å²) in [7, 11) is 0. The Morgan fingerprint density at radius 2 is 1.59 bits per heavy atom. The number of anilines is 1. The lowest BCUT2D eigenvalue weighted by atomic mass is 9.65. The molecule has 7 heteroatoms. The molecule has 1 amide bonds. The second-order valence-corrected chi connectivity index (χ2v) is 7.99. The molecule has 2 aromatic rings. The molecule has 2 atom stereocenters. The molecule has 2 aromatic carbocycles. The van der Waals surface area contributed by atoms with E-state index in [0.717, 1.165) is 37.8 Å². The van der Waals surface area contributed by atoms with Gasteiger partial charge in [-0.05, 0) is 61.3 Å². The Bertz CT molecular complexity index is 870. The standard InChI is InChI=1S/C22H23F3N2O.ClH/c23-17-10-14(11-18(24)20(17)25)16-6-1-2-7-19(16)27-22(28)15-8-12-4-3-5-13(9-15)21(12)26;/h1-2,6-7,10-13,15,21H,3-5,8-9,26H2,(H,27,28);1H. The number of fused-ring (bicyclic) bond motifs is 2. The molecule has 2 unspecified atom stereocenters. The quantitative estimate of drug-likeness (QED) is 0.658. The van der Waals surface area contributed by atoms with Gasteiger partial charge in [-0.15, -0.1) is 12.4 Å². The number of hydrogen-bond donors (Lipinski definition) is 2. The van der Waals surface area contributed by atoms with Gasteiger partial charge in [0.2, 0.25) is 5.91 Å². The smallest absolute Gasteiger partial charge is 0.227 e. The third-order valence-electron chi connectivity index (χ3n) is 6.26. The van der Waals surface area contributed by atoms with Gasteiger partial charge in [0.05, 0.1) is 0 Å². The molecule has 3 nitrogen and oxygen atoms in total. The molecule has 2 aliphatic rings. The highest BCUT2D eigenvalue weighted by molar-refractivity contribution is 5.96. The third kappa shape index (κ3) is 4.28. The molecule has 2 aliphatic carbocycles. The zero-order valence-electron chi connectivity index (χ0n) is 15.8. The van der Waals surface area contributed by atoms with E-state index in [1.54, 1.807) is 24.3 Å². The van der Waals surface area contributed by atoms with E-state index in [1.807, 2.05) is 0 Å². The zero-order chi connectivity index (χ0) is 19.8. The van der Waals surface area contributed by atoms with Crippen LogP contribution in [-0.4, -0.2) is 11.9 Å². The van der Waals surface area contributed by atoms with E-state index < -0.39 is 17.5 Å². The number of halogens is 4. The molecule has 0 spiro atoms. The number of carbonyl (C=O) groups excluding carboxylic acids is 1. The Hall–Kier alpha value is -2.05. The minimum Gasteiger partial charge on any atom is -0.327 e. The fourth-order valence-corrected chi connectivity index (χ4v) is 4.79. The highest BCUT2D eigenvalue weighted by Crippen LogP contribution is 2.42. The van der Waals surface area contributed by atoms with Crippen molar-refractivity contribution in [1.29, 1.82) is 0 Å².